The minimum absolute atomic E-state index is 0.231. The average Bonchev–Trinajstić information content (AvgIpc) is 2.16. The van der Waals surface area contributed by atoms with Crippen LogP contribution in [0.3, 0.4) is 0 Å². The van der Waals surface area contributed by atoms with Crippen LogP contribution in [0, 0.1) is 0 Å². The first kappa shape index (κ1) is 11.7. The Labute approximate surface area is 90.3 Å². The second-order valence-electron chi connectivity index (χ2n) is 4.54. The fourth-order valence-corrected chi connectivity index (χ4v) is 1.22. The Kier molecular flexibility index (Phi) is 3.48. The molecular weight excluding hydrogens is 190 g/mol. The highest BCUT2D eigenvalue weighted by atomic mass is 16.5. The Bertz CT molecular complexity index is 327. The molecule has 1 rings (SSSR count). The molecule has 0 radical (unpaired) electrons. The van der Waals surface area contributed by atoms with Crippen molar-refractivity contribution in [3.63, 3.8) is 0 Å². The van der Waals surface area contributed by atoms with Gasteiger partial charge in [-0.3, -0.25) is 10.0 Å². The van der Waals surface area contributed by atoms with Gasteiger partial charge in [-0.25, -0.2) is 5.06 Å². The van der Waals surface area contributed by atoms with Crippen LogP contribution < -0.4 is 0 Å². The maximum Gasteiger partial charge on any atom is 0.250 e. The van der Waals surface area contributed by atoms with Crippen LogP contribution in [0.25, 0.3) is 0 Å². The van der Waals surface area contributed by atoms with Gasteiger partial charge in [0.15, 0.2) is 0 Å². The maximum atomic E-state index is 11.6. The molecule has 1 aromatic carbocycles. The summed E-state index contributed by atoms with van der Waals surface area (Å²) in [7, 11) is 0. The molecule has 0 saturated carbocycles. The van der Waals surface area contributed by atoms with E-state index in [1.807, 2.05) is 30.3 Å². The molecule has 0 spiro atoms. The van der Waals surface area contributed by atoms with Crippen LogP contribution in [0.1, 0.15) is 26.3 Å². The van der Waals surface area contributed by atoms with Gasteiger partial charge in [0.2, 0.25) is 0 Å². The van der Waals surface area contributed by atoms with E-state index in [0.29, 0.717) is 0 Å². The van der Waals surface area contributed by atoms with Crippen LogP contribution in [0.15, 0.2) is 30.3 Å². The van der Waals surface area contributed by atoms with Crippen LogP contribution in [0.5, 0.6) is 0 Å². The predicted molar refractivity (Wildman–Crippen MR) is 58.5 cm³/mol. The fraction of sp³-hybridized carbons (Fsp3) is 0.417. The van der Waals surface area contributed by atoms with Crippen LogP contribution in [0.2, 0.25) is 0 Å². The van der Waals surface area contributed by atoms with E-state index in [1.54, 1.807) is 20.8 Å². The summed E-state index contributed by atoms with van der Waals surface area (Å²) in [4.78, 5) is 11.6. The third kappa shape index (κ3) is 3.36. The molecule has 3 heteroatoms. The first-order valence-electron chi connectivity index (χ1n) is 4.97. The normalized spacial score (nSPS) is 11.2. The van der Waals surface area contributed by atoms with Crippen molar-refractivity contribution >= 4 is 5.91 Å². The molecule has 0 saturated heterocycles. The second-order valence-corrected chi connectivity index (χ2v) is 4.54. The lowest BCUT2D eigenvalue weighted by molar-refractivity contribution is -0.186. The molecule has 0 aliphatic rings. The van der Waals surface area contributed by atoms with E-state index in [0.717, 1.165) is 10.6 Å². The highest BCUT2D eigenvalue weighted by Crippen LogP contribution is 2.12. The lowest BCUT2D eigenvalue weighted by atomic mass is 10.1. The zero-order valence-electron chi connectivity index (χ0n) is 9.40. The fourth-order valence-electron chi connectivity index (χ4n) is 1.22. The summed E-state index contributed by atoms with van der Waals surface area (Å²) >= 11 is 0. The van der Waals surface area contributed by atoms with E-state index >= 15 is 0 Å². The summed E-state index contributed by atoms with van der Waals surface area (Å²) in [5.74, 6) is -0.284. The molecule has 0 aromatic heterocycles. The number of rotatable bonds is 2. The third-order valence-corrected chi connectivity index (χ3v) is 2.07. The van der Waals surface area contributed by atoms with Gasteiger partial charge in [-0.05, 0) is 26.3 Å². The van der Waals surface area contributed by atoms with Crippen molar-refractivity contribution in [3.8, 4) is 0 Å². The van der Waals surface area contributed by atoms with E-state index in [9.17, 15) is 10.0 Å². The number of carbonyl (C=O) groups excluding carboxylic acids is 1. The van der Waals surface area contributed by atoms with E-state index in [-0.39, 0.29) is 12.3 Å². The lowest BCUT2D eigenvalue weighted by Crippen LogP contribution is -2.43. The number of hydroxylamine groups is 2. The van der Waals surface area contributed by atoms with E-state index in [1.165, 1.54) is 0 Å². The van der Waals surface area contributed by atoms with Gasteiger partial charge in [0.1, 0.15) is 0 Å². The molecule has 0 fully saturated rings. The predicted octanol–water partition coefficient (Wildman–Crippen LogP) is 2.25. The number of carbonyl (C=O) groups is 1. The summed E-state index contributed by atoms with van der Waals surface area (Å²) in [6, 6.07) is 9.39. The first-order valence-corrected chi connectivity index (χ1v) is 4.97. The van der Waals surface area contributed by atoms with Crippen molar-refractivity contribution in [2.45, 2.75) is 32.7 Å². The molecule has 1 amide bonds. The van der Waals surface area contributed by atoms with E-state index < -0.39 is 5.54 Å². The summed E-state index contributed by atoms with van der Waals surface area (Å²) < 4.78 is 0. The molecule has 1 N–H and O–H groups in total. The minimum Gasteiger partial charge on any atom is -0.285 e. The SMILES string of the molecule is CC(C)(C)N(O)C(=O)Cc1ccccc1. The molecule has 0 bridgehead atoms. The largest absolute Gasteiger partial charge is 0.285 e. The average molecular weight is 207 g/mol. The quantitative estimate of drug-likeness (QED) is 0.597. The van der Waals surface area contributed by atoms with Gasteiger partial charge >= 0.3 is 0 Å². The molecule has 0 aliphatic heterocycles. The van der Waals surface area contributed by atoms with Crippen LogP contribution >= 0.6 is 0 Å². The van der Waals surface area contributed by atoms with Crippen molar-refractivity contribution in [3.05, 3.63) is 35.9 Å². The lowest BCUT2D eigenvalue weighted by Gasteiger charge is -2.29. The van der Waals surface area contributed by atoms with E-state index in [4.69, 9.17) is 0 Å². The Morgan fingerprint density at radius 1 is 1.27 bits per heavy atom. The molecule has 0 atom stereocenters. The third-order valence-electron chi connectivity index (χ3n) is 2.07. The molecular formula is C12H17NO2. The van der Waals surface area contributed by atoms with Gasteiger partial charge in [-0.2, -0.15) is 0 Å². The van der Waals surface area contributed by atoms with Crippen molar-refractivity contribution in [2.24, 2.45) is 0 Å². The Morgan fingerprint density at radius 2 is 1.80 bits per heavy atom. The molecule has 0 unspecified atom stereocenters. The zero-order chi connectivity index (χ0) is 11.5. The number of benzene rings is 1. The van der Waals surface area contributed by atoms with Crippen LogP contribution in [-0.2, 0) is 11.2 Å². The van der Waals surface area contributed by atoms with Gasteiger partial charge in [0.25, 0.3) is 5.91 Å². The number of amides is 1. The first-order chi connectivity index (χ1) is 6.91. The highest BCUT2D eigenvalue weighted by molar-refractivity contribution is 5.78. The monoisotopic (exact) mass is 207 g/mol. The minimum atomic E-state index is -0.550. The summed E-state index contributed by atoms with van der Waals surface area (Å²) in [6.45, 7) is 5.36. The molecule has 15 heavy (non-hydrogen) atoms. The zero-order valence-corrected chi connectivity index (χ0v) is 9.40. The smallest absolute Gasteiger partial charge is 0.250 e. The van der Waals surface area contributed by atoms with E-state index in [2.05, 4.69) is 0 Å². The maximum absolute atomic E-state index is 11.6. The van der Waals surface area contributed by atoms with Crippen LogP contribution in [-0.4, -0.2) is 21.7 Å². The second kappa shape index (κ2) is 4.45. The Hall–Kier alpha value is -1.35. The van der Waals surface area contributed by atoms with Crippen molar-refractivity contribution < 1.29 is 10.0 Å². The standard InChI is InChI=1S/C12H17NO2/c1-12(2,3)13(15)11(14)9-10-7-5-4-6-8-10/h4-8,15H,9H2,1-3H3. The Morgan fingerprint density at radius 3 is 2.27 bits per heavy atom. The van der Waals surface area contributed by atoms with Gasteiger partial charge in [-0.15, -0.1) is 0 Å². The van der Waals surface area contributed by atoms with Crippen molar-refractivity contribution in [1.82, 2.24) is 5.06 Å². The van der Waals surface area contributed by atoms with Gasteiger partial charge in [-0.1, -0.05) is 30.3 Å². The molecule has 1 aromatic rings. The number of hydrogen-bond acceptors (Lipinski definition) is 2. The Balaban J connectivity index is 2.65. The van der Waals surface area contributed by atoms with Gasteiger partial charge in [0.05, 0.1) is 12.0 Å². The summed E-state index contributed by atoms with van der Waals surface area (Å²) in [5, 5.41) is 10.4. The van der Waals surface area contributed by atoms with Gasteiger partial charge < -0.3 is 0 Å². The van der Waals surface area contributed by atoms with Gasteiger partial charge in [0, 0.05) is 0 Å². The summed E-state index contributed by atoms with van der Waals surface area (Å²) in [5.41, 5.74) is 0.358. The molecule has 0 aliphatic carbocycles. The highest BCUT2D eigenvalue weighted by Gasteiger charge is 2.24. The number of nitrogens with zero attached hydrogens (tertiary/aromatic N) is 1. The number of hydrogen-bond donors (Lipinski definition) is 1. The molecule has 82 valence electrons. The van der Waals surface area contributed by atoms with Crippen LogP contribution in [0.4, 0.5) is 0 Å². The van der Waals surface area contributed by atoms with Crippen molar-refractivity contribution in [2.75, 3.05) is 0 Å². The molecule has 3 nitrogen and oxygen atoms in total. The molecule has 0 heterocycles. The topological polar surface area (TPSA) is 40.5 Å². The van der Waals surface area contributed by atoms with Crippen molar-refractivity contribution in [1.29, 1.82) is 0 Å². The summed E-state index contributed by atoms with van der Waals surface area (Å²) in [6.07, 6.45) is 0.231.